The lowest BCUT2D eigenvalue weighted by molar-refractivity contribution is 0.103. The zero-order valence-corrected chi connectivity index (χ0v) is 14.7. The van der Waals surface area contributed by atoms with Crippen molar-refractivity contribution in [3.8, 4) is 5.69 Å². The first-order valence-electron chi connectivity index (χ1n) is 7.18. The van der Waals surface area contributed by atoms with Crippen molar-refractivity contribution in [2.45, 2.75) is 18.2 Å². The summed E-state index contributed by atoms with van der Waals surface area (Å²) in [4.78, 5) is 12.9. The highest BCUT2D eigenvalue weighted by molar-refractivity contribution is 7.89. The summed E-state index contributed by atoms with van der Waals surface area (Å²) in [5, 5.41) is 20.5. The Morgan fingerprint density at radius 1 is 1.36 bits per heavy atom. The zero-order chi connectivity index (χ0) is 18.0. The molecule has 3 aromatic rings. The number of anilines is 1. The van der Waals surface area contributed by atoms with Gasteiger partial charge in [0.15, 0.2) is 0 Å². The summed E-state index contributed by atoms with van der Waals surface area (Å²) in [6, 6.07) is 6.34. The third kappa shape index (κ3) is 3.57. The van der Waals surface area contributed by atoms with Crippen molar-refractivity contribution in [2.24, 2.45) is 5.14 Å². The number of benzene rings is 1. The maximum atomic E-state index is 12.5. The number of aryl methyl sites for hydroxylation is 1. The van der Waals surface area contributed by atoms with Crippen LogP contribution in [0.4, 0.5) is 5.69 Å². The van der Waals surface area contributed by atoms with Crippen LogP contribution in [0.15, 0.2) is 40.9 Å². The summed E-state index contributed by atoms with van der Waals surface area (Å²) >= 11 is 1.22. The average molecular weight is 378 g/mol. The van der Waals surface area contributed by atoms with Crippen LogP contribution in [0, 0.1) is 0 Å². The molecule has 3 N–H and O–H groups in total. The lowest BCUT2D eigenvalue weighted by atomic mass is 10.1. The summed E-state index contributed by atoms with van der Waals surface area (Å²) < 4.78 is 24.8. The van der Waals surface area contributed by atoms with E-state index < -0.39 is 15.9 Å². The quantitative estimate of drug-likeness (QED) is 0.685. The largest absolute Gasteiger partial charge is 0.321 e. The van der Waals surface area contributed by atoms with Gasteiger partial charge in [-0.1, -0.05) is 13.0 Å². The van der Waals surface area contributed by atoms with E-state index in [0.29, 0.717) is 28.2 Å². The molecule has 0 saturated heterocycles. The molecule has 25 heavy (non-hydrogen) atoms. The molecule has 0 aliphatic heterocycles. The summed E-state index contributed by atoms with van der Waals surface area (Å²) in [5.74, 6) is -0.398. The minimum absolute atomic E-state index is 0.000297. The van der Waals surface area contributed by atoms with E-state index in [9.17, 15) is 13.2 Å². The molecule has 0 unspecified atom stereocenters. The monoisotopic (exact) mass is 378 g/mol. The van der Waals surface area contributed by atoms with Crippen LogP contribution in [0.2, 0.25) is 0 Å². The lowest BCUT2D eigenvalue weighted by Gasteiger charge is -2.10. The molecule has 9 nitrogen and oxygen atoms in total. The van der Waals surface area contributed by atoms with Crippen molar-refractivity contribution < 1.29 is 13.2 Å². The van der Waals surface area contributed by atoms with Crippen molar-refractivity contribution in [1.29, 1.82) is 0 Å². The summed E-state index contributed by atoms with van der Waals surface area (Å²) in [6.07, 6.45) is 1.89. The minimum Gasteiger partial charge on any atom is -0.321 e. The fraction of sp³-hybridized carbons (Fsp3) is 0.143. The Hall–Kier alpha value is -2.63. The van der Waals surface area contributed by atoms with E-state index in [1.807, 2.05) is 6.92 Å². The molecule has 3 rings (SSSR count). The number of hydrogen-bond donors (Lipinski definition) is 2. The van der Waals surface area contributed by atoms with Crippen LogP contribution >= 0.6 is 11.3 Å². The highest BCUT2D eigenvalue weighted by atomic mass is 32.2. The highest BCUT2D eigenvalue weighted by Gasteiger charge is 2.18. The van der Waals surface area contributed by atoms with E-state index in [4.69, 9.17) is 5.14 Å². The molecule has 2 heterocycles. The maximum absolute atomic E-state index is 12.5. The van der Waals surface area contributed by atoms with Crippen molar-refractivity contribution in [3.63, 3.8) is 0 Å². The molecule has 11 heteroatoms. The van der Waals surface area contributed by atoms with Crippen molar-refractivity contribution in [1.82, 2.24) is 20.2 Å². The number of aromatic nitrogens is 4. The van der Waals surface area contributed by atoms with Crippen LogP contribution < -0.4 is 10.5 Å². The Labute approximate surface area is 147 Å². The van der Waals surface area contributed by atoms with E-state index in [0.717, 1.165) is 0 Å². The van der Waals surface area contributed by atoms with Crippen molar-refractivity contribution in [3.05, 3.63) is 46.4 Å². The summed E-state index contributed by atoms with van der Waals surface area (Å²) in [7, 11) is -3.88. The molecule has 2 aromatic heterocycles. The van der Waals surface area contributed by atoms with Gasteiger partial charge in [-0.2, -0.15) is 4.68 Å². The number of nitrogens with two attached hydrogens (primary N) is 1. The third-order valence-electron chi connectivity index (χ3n) is 3.46. The third-order valence-corrected chi connectivity index (χ3v) is 5.35. The van der Waals surface area contributed by atoms with Gasteiger partial charge in [0.1, 0.15) is 11.2 Å². The molecule has 0 bridgehead atoms. The standard InChI is InChI=1S/C14H14N6O3S2/c1-2-9-3-4-10(7-12(9)25(15,22)23)17-14(21)13-11(5-6-24-13)20-8-16-18-19-20/h3-8H,2H2,1H3,(H,17,21)(H2,15,22,23). The Morgan fingerprint density at radius 3 is 2.80 bits per heavy atom. The van der Waals surface area contributed by atoms with Gasteiger partial charge in [-0.25, -0.2) is 13.6 Å². The molecule has 0 saturated carbocycles. The second-order valence-corrected chi connectivity index (χ2v) is 7.51. The van der Waals surface area contributed by atoms with Gasteiger partial charge in [0, 0.05) is 5.69 Å². The van der Waals surface area contributed by atoms with E-state index >= 15 is 0 Å². The van der Waals surface area contributed by atoms with Gasteiger partial charge < -0.3 is 5.32 Å². The maximum Gasteiger partial charge on any atom is 0.267 e. The molecule has 0 radical (unpaired) electrons. The number of hydrogen-bond acceptors (Lipinski definition) is 7. The Balaban J connectivity index is 1.91. The van der Waals surface area contributed by atoms with Gasteiger partial charge in [-0.05, 0) is 46.0 Å². The number of primary sulfonamides is 1. The van der Waals surface area contributed by atoms with Crippen LogP contribution in [-0.4, -0.2) is 34.5 Å². The van der Waals surface area contributed by atoms with Crippen LogP contribution in [0.25, 0.3) is 5.69 Å². The predicted octanol–water partition coefficient (Wildman–Crippen LogP) is 1.19. The number of tetrazole rings is 1. The Kier molecular flexibility index (Phi) is 4.61. The lowest BCUT2D eigenvalue weighted by Crippen LogP contribution is -2.17. The molecule has 0 atom stereocenters. The fourth-order valence-corrected chi connectivity index (χ4v) is 3.94. The van der Waals surface area contributed by atoms with Gasteiger partial charge in [-0.15, -0.1) is 16.4 Å². The molecule has 0 fully saturated rings. The van der Waals surface area contributed by atoms with Gasteiger partial charge in [0.2, 0.25) is 10.0 Å². The predicted molar refractivity (Wildman–Crippen MR) is 92.2 cm³/mol. The Morgan fingerprint density at radius 2 is 2.16 bits per heavy atom. The molecule has 0 aliphatic carbocycles. The smallest absolute Gasteiger partial charge is 0.267 e. The highest BCUT2D eigenvalue weighted by Crippen LogP contribution is 2.24. The number of thiophene rings is 1. The number of sulfonamides is 1. The van der Waals surface area contributed by atoms with Crippen LogP contribution in [-0.2, 0) is 16.4 Å². The summed E-state index contributed by atoms with van der Waals surface area (Å²) in [6.45, 7) is 1.83. The molecule has 0 aliphatic rings. The van der Waals surface area contributed by atoms with E-state index in [2.05, 4.69) is 20.8 Å². The summed E-state index contributed by atoms with van der Waals surface area (Å²) in [5.41, 5.74) is 1.46. The molecule has 1 aromatic carbocycles. The van der Waals surface area contributed by atoms with E-state index in [1.165, 1.54) is 28.4 Å². The number of nitrogens with zero attached hydrogens (tertiary/aromatic N) is 4. The number of amides is 1. The number of rotatable bonds is 5. The minimum atomic E-state index is -3.88. The number of carbonyl (C=O) groups is 1. The van der Waals surface area contributed by atoms with Gasteiger partial charge in [0.25, 0.3) is 5.91 Å². The van der Waals surface area contributed by atoms with Crippen molar-refractivity contribution >= 4 is 33.0 Å². The van der Waals surface area contributed by atoms with Gasteiger partial charge in [0.05, 0.1) is 10.6 Å². The fourth-order valence-electron chi connectivity index (χ4n) is 2.30. The Bertz CT molecular complexity index is 1010. The first-order chi connectivity index (χ1) is 11.9. The normalized spacial score (nSPS) is 11.4. The average Bonchev–Trinajstić information content (AvgIpc) is 3.24. The van der Waals surface area contributed by atoms with Gasteiger partial charge in [-0.3, -0.25) is 4.79 Å². The molecule has 130 valence electrons. The first kappa shape index (κ1) is 17.2. The zero-order valence-electron chi connectivity index (χ0n) is 13.1. The van der Waals surface area contributed by atoms with Gasteiger partial charge >= 0.3 is 0 Å². The molecule has 0 spiro atoms. The topological polar surface area (TPSA) is 133 Å². The van der Waals surface area contributed by atoms with Crippen LogP contribution in [0.1, 0.15) is 22.2 Å². The van der Waals surface area contributed by atoms with Crippen LogP contribution in [0.5, 0.6) is 0 Å². The number of nitrogens with one attached hydrogen (secondary N) is 1. The molecule has 1 amide bonds. The molecular formula is C14H14N6O3S2. The number of carbonyl (C=O) groups excluding carboxylic acids is 1. The van der Waals surface area contributed by atoms with Crippen molar-refractivity contribution in [2.75, 3.05) is 5.32 Å². The second kappa shape index (κ2) is 6.70. The van der Waals surface area contributed by atoms with E-state index in [-0.39, 0.29) is 4.90 Å². The SMILES string of the molecule is CCc1ccc(NC(=O)c2sccc2-n2cnnn2)cc1S(N)(=O)=O. The van der Waals surface area contributed by atoms with Crippen LogP contribution in [0.3, 0.4) is 0 Å². The molecular weight excluding hydrogens is 364 g/mol. The second-order valence-electron chi connectivity index (χ2n) is 5.06. The van der Waals surface area contributed by atoms with E-state index in [1.54, 1.807) is 23.6 Å². The first-order valence-corrected chi connectivity index (χ1v) is 9.60.